The van der Waals surface area contributed by atoms with Crippen molar-refractivity contribution in [3.8, 4) is 0 Å². The van der Waals surface area contributed by atoms with Gasteiger partial charge in [0.25, 0.3) is 0 Å². The second kappa shape index (κ2) is 7.33. The van der Waals surface area contributed by atoms with Crippen molar-refractivity contribution in [2.75, 3.05) is 6.54 Å². The lowest BCUT2D eigenvalue weighted by Gasteiger charge is -2.31. The molecule has 0 saturated heterocycles. The average molecular weight is 323 g/mol. The molecule has 1 fully saturated rings. The number of rotatable bonds is 6. The first kappa shape index (κ1) is 18.8. The highest BCUT2D eigenvalue weighted by molar-refractivity contribution is 5.80. The summed E-state index contributed by atoms with van der Waals surface area (Å²) in [4.78, 5) is 23.5. The largest absolute Gasteiger partial charge is 0.481 e. The van der Waals surface area contributed by atoms with Crippen LogP contribution in [0.2, 0.25) is 0 Å². The highest BCUT2D eigenvalue weighted by atomic mass is 19.4. The maximum absolute atomic E-state index is 12.8. The minimum atomic E-state index is -4.27. The first-order valence-electron chi connectivity index (χ1n) is 7.74. The number of hydrogen-bond donors (Lipinski definition) is 2. The number of carbonyl (C=O) groups is 2. The first-order chi connectivity index (χ1) is 10.2. The molecule has 0 aromatic rings. The van der Waals surface area contributed by atoms with Crippen LogP contribution in [0.5, 0.6) is 0 Å². The number of carboxylic acids is 1. The number of nitrogens with one attached hydrogen (secondary N) is 1. The Morgan fingerprint density at radius 3 is 2.23 bits per heavy atom. The Kier molecular flexibility index (Phi) is 6.26. The van der Waals surface area contributed by atoms with Gasteiger partial charge in [-0.1, -0.05) is 20.3 Å². The molecular weight excluding hydrogens is 299 g/mol. The molecular formula is C15H24F3NO3. The lowest BCUT2D eigenvalue weighted by molar-refractivity contribution is -0.186. The molecule has 2 N–H and O–H groups in total. The summed E-state index contributed by atoms with van der Waals surface area (Å²) in [5.74, 6) is -3.56. The second-order valence-corrected chi connectivity index (χ2v) is 6.11. The maximum Gasteiger partial charge on any atom is 0.391 e. The van der Waals surface area contributed by atoms with Gasteiger partial charge in [-0.25, -0.2) is 0 Å². The summed E-state index contributed by atoms with van der Waals surface area (Å²) in [5.41, 5.74) is -1.05. The van der Waals surface area contributed by atoms with Gasteiger partial charge in [0.1, 0.15) is 0 Å². The molecule has 22 heavy (non-hydrogen) atoms. The Morgan fingerprint density at radius 1 is 1.18 bits per heavy atom. The number of carbonyl (C=O) groups excluding carboxylic acids is 1. The third-order valence-corrected chi connectivity index (χ3v) is 4.92. The van der Waals surface area contributed by atoms with Gasteiger partial charge in [0.2, 0.25) is 5.91 Å². The highest BCUT2D eigenvalue weighted by Gasteiger charge is 2.44. The molecule has 128 valence electrons. The number of carboxylic acid groups (broad SMARTS) is 1. The molecule has 1 amide bonds. The lowest BCUT2D eigenvalue weighted by Crippen LogP contribution is -2.45. The molecule has 0 aromatic carbocycles. The molecule has 1 saturated carbocycles. The normalized spacial score (nSPS) is 23.1. The van der Waals surface area contributed by atoms with Crippen LogP contribution in [-0.4, -0.2) is 29.7 Å². The van der Waals surface area contributed by atoms with Gasteiger partial charge in [0, 0.05) is 12.5 Å². The van der Waals surface area contributed by atoms with E-state index in [-0.39, 0.29) is 19.4 Å². The Bertz CT molecular complexity index is 405. The smallest absolute Gasteiger partial charge is 0.391 e. The number of hydrogen-bond acceptors (Lipinski definition) is 2. The zero-order valence-corrected chi connectivity index (χ0v) is 13.0. The van der Waals surface area contributed by atoms with Gasteiger partial charge in [-0.3, -0.25) is 9.59 Å². The van der Waals surface area contributed by atoms with E-state index in [0.29, 0.717) is 25.7 Å². The quantitative estimate of drug-likeness (QED) is 0.787. The van der Waals surface area contributed by atoms with Crippen LogP contribution in [-0.2, 0) is 9.59 Å². The molecule has 0 bridgehead atoms. The molecule has 0 radical (unpaired) electrons. The Labute approximate surface area is 128 Å². The van der Waals surface area contributed by atoms with Crippen LogP contribution < -0.4 is 5.32 Å². The van der Waals surface area contributed by atoms with Gasteiger partial charge in [0.05, 0.1) is 11.3 Å². The summed E-state index contributed by atoms with van der Waals surface area (Å²) in [7, 11) is 0. The van der Waals surface area contributed by atoms with E-state index >= 15 is 0 Å². The van der Waals surface area contributed by atoms with Crippen molar-refractivity contribution in [3.05, 3.63) is 0 Å². The number of amides is 1. The van der Waals surface area contributed by atoms with E-state index in [1.165, 1.54) is 0 Å². The SMILES string of the molecule is CCC(CC)(CNC(=O)C1CCCC(C(F)(F)F)C1)C(=O)O. The topological polar surface area (TPSA) is 66.4 Å². The van der Waals surface area contributed by atoms with E-state index in [1.54, 1.807) is 13.8 Å². The van der Waals surface area contributed by atoms with Crippen LogP contribution in [0.3, 0.4) is 0 Å². The zero-order valence-electron chi connectivity index (χ0n) is 13.0. The van der Waals surface area contributed by atoms with Gasteiger partial charge in [-0.15, -0.1) is 0 Å². The summed E-state index contributed by atoms with van der Waals surface area (Å²) in [5, 5.41) is 11.9. The molecule has 0 heterocycles. The number of alkyl halides is 3. The minimum absolute atomic E-state index is 0.0403. The second-order valence-electron chi connectivity index (χ2n) is 6.11. The molecule has 1 aliphatic carbocycles. The van der Waals surface area contributed by atoms with Crippen molar-refractivity contribution in [2.24, 2.45) is 17.3 Å². The van der Waals surface area contributed by atoms with Crippen LogP contribution >= 0.6 is 0 Å². The van der Waals surface area contributed by atoms with Gasteiger partial charge in [-0.05, 0) is 32.1 Å². The lowest BCUT2D eigenvalue weighted by atomic mass is 9.79. The number of aliphatic carboxylic acids is 1. The van der Waals surface area contributed by atoms with Crippen LogP contribution in [0, 0.1) is 17.3 Å². The fraction of sp³-hybridized carbons (Fsp3) is 0.867. The third-order valence-electron chi connectivity index (χ3n) is 4.92. The predicted octanol–water partition coefficient (Wildman–Crippen LogP) is 3.36. The molecule has 0 aromatic heterocycles. The molecule has 7 heteroatoms. The number of halogens is 3. The molecule has 1 rings (SSSR count). The van der Waals surface area contributed by atoms with E-state index in [4.69, 9.17) is 0 Å². The van der Waals surface area contributed by atoms with Crippen LogP contribution in [0.15, 0.2) is 0 Å². The molecule has 2 unspecified atom stereocenters. The van der Waals surface area contributed by atoms with E-state index < -0.39 is 35.3 Å². The fourth-order valence-electron chi connectivity index (χ4n) is 3.00. The summed E-state index contributed by atoms with van der Waals surface area (Å²) >= 11 is 0. The first-order valence-corrected chi connectivity index (χ1v) is 7.74. The molecule has 1 aliphatic rings. The molecule has 0 spiro atoms. The Hall–Kier alpha value is -1.27. The fourth-order valence-corrected chi connectivity index (χ4v) is 3.00. The van der Waals surface area contributed by atoms with Gasteiger partial charge in [0.15, 0.2) is 0 Å². The minimum Gasteiger partial charge on any atom is -0.481 e. The van der Waals surface area contributed by atoms with E-state index in [1.807, 2.05) is 0 Å². The molecule has 4 nitrogen and oxygen atoms in total. The molecule has 2 atom stereocenters. The van der Waals surface area contributed by atoms with Crippen molar-refractivity contribution >= 4 is 11.9 Å². The Balaban J connectivity index is 2.63. The zero-order chi connectivity index (χ0) is 17.0. The van der Waals surface area contributed by atoms with Crippen molar-refractivity contribution in [3.63, 3.8) is 0 Å². The maximum atomic E-state index is 12.8. The monoisotopic (exact) mass is 323 g/mol. The van der Waals surface area contributed by atoms with Gasteiger partial charge < -0.3 is 10.4 Å². The summed E-state index contributed by atoms with van der Waals surface area (Å²) in [6.07, 6.45) is -2.89. The van der Waals surface area contributed by atoms with Crippen molar-refractivity contribution in [1.29, 1.82) is 0 Å². The van der Waals surface area contributed by atoms with Gasteiger partial charge in [-0.2, -0.15) is 13.2 Å². The Morgan fingerprint density at radius 2 is 1.77 bits per heavy atom. The van der Waals surface area contributed by atoms with Crippen molar-refractivity contribution in [1.82, 2.24) is 5.32 Å². The summed E-state index contributed by atoms with van der Waals surface area (Å²) in [6.45, 7) is 3.41. The highest BCUT2D eigenvalue weighted by Crippen LogP contribution is 2.40. The van der Waals surface area contributed by atoms with E-state index in [2.05, 4.69) is 5.32 Å². The van der Waals surface area contributed by atoms with Crippen molar-refractivity contribution < 1.29 is 27.9 Å². The molecule has 0 aliphatic heterocycles. The summed E-state index contributed by atoms with van der Waals surface area (Å²) < 4.78 is 38.3. The summed E-state index contributed by atoms with van der Waals surface area (Å²) in [6, 6.07) is 0. The van der Waals surface area contributed by atoms with Gasteiger partial charge >= 0.3 is 12.1 Å². The predicted molar refractivity (Wildman–Crippen MR) is 75.2 cm³/mol. The van der Waals surface area contributed by atoms with E-state index in [0.717, 1.165) is 0 Å². The average Bonchev–Trinajstić information content (AvgIpc) is 2.47. The van der Waals surface area contributed by atoms with Crippen molar-refractivity contribution in [2.45, 2.75) is 58.5 Å². The van der Waals surface area contributed by atoms with E-state index in [9.17, 15) is 27.9 Å². The van der Waals surface area contributed by atoms with Crippen LogP contribution in [0.1, 0.15) is 52.4 Å². The van der Waals surface area contributed by atoms with Crippen LogP contribution in [0.4, 0.5) is 13.2 Å². The standard InChI is InChI=1S/C15H24F3NO3/c1-3-14(4-2,13(21)22)9-19-12(20)10-6-5-7-11(8-10)15(16,17)18/h10-11H,3-9H2,1-2H3,(H,19,20)(H,21,22). The third kappa shape index (κ3) is 4.36. The van der Waals surface area contributed by atoms with Crippen LogP contribution in [0.25, 0.3) is 0 Å².